The van der Waals surface area contributed by atoms with Gasteiger partial charge >= 0.3 is 0 Å². The third-order valence-corrected chi connectivity index (χ3v) is 3.86. The van der Waals surface area contributed by atoms with E-state index in [0.717, 1.165) is 20.9 Å². The molecule has 0 unspecified atom stereocenters. The Morgan fingerprint density at radius 1 is 1.00 bits per heavy atom. The molecule has 4 nitrogen and oxygen atoms in total. The summed E-state index contributed by atoms with van der Waals surface area (Å²) in [5.74, 6) is 0.116. The summed E-state index contributed by atoms with van der Waals surface area (Å²) >= 11 is 3.43. The van der Waals surface area contributed by atoms with Crippen molar-refractivity contribution in [1.29, 1.82) is 0 Å². The molecule has 0 heterocycles. The minimum absolute atomic E-state index is 0.116. The first kappa shape index (κ1) is 14.5. The van der Waals surface area contributed by atoms with Crippen molar-refractivity contribution in [3.05, 3.63) is 59.1 Å². The first-order chi connectivity index (χ1) is 10.7. The summed E-state index contributed by atoms with van der Waals surface area (Å²) in [6, 6.07) is 17.0. The van der Waals surface area contributed by atoms with Crippen molar-refractivity contribution in [3.63, 3.8) is 0 Å². The van der Waals surface area contributed by atoms with Crippen molar-refractivity contribution in [2.75, 3.05) is 12.4 Å². The van der Waals surface area contributed by atoms with E-state index in [0.29, 0.717) is 11.4 Å². The number of phenols is 1. The van der Waals surface area contributed by atoms with Gasteiger partial charge in [0.2, 0.25) is 0 Å². The van der Waals surface area contributed by atoms with Crippen LogP contribution >= 0.6 is 15.9 Å². The van der Waals surface area contributed by atoms with Gasteiger partial charge in [0.1, 0.15) is 17.1 Å². The van der Waals surface area contributed by atoms with Crippen LogP contribution in [0.15, 0.2) is 69.3 Å². The number of hydrogen-bond acceptors (Lipinski definition) is 4. The smallest absolute Gasteiger partial charge is 0.143 e. The Labute approximate surface area is 136 Å². The lowest BCUT2D eigenvalue weighted by Crippen LogP contribution is -1.87. The number of rotatable bonds is 3. The highest BCUT2D eigenvalue weighted by Gasteiger charge is 2.06. The summed E-state index contributed by atoms with van der Waals surface area (Å²) in [6.07, 6.45) is 0. The fraction of sp³-hybridized carbons (Fsp3) is 0.0588. The van der Waals surface area contributed by atoms with E-state index in [1.807, 2.05) is 55.6 Å². The predicted molar refractivity (Wildman–Crippen MR) is 93.5 cm³/mol. The number of phenolic OH excluding ortho intramolecular Hbond substituents is 1. The van der Waals surface area contributed by atoms with Crippen LogP contribution in [-0.4, -0.2) is 12.2 Å². The van der Waals surface area contributed by atoms with Gasteiger partial charge in [0.15, 0.2) is 0 Å². The number of benzene rings is 3. The van der Waals surface area contributed by atoms with Crippen LogP contribution < -0.4 is 5.32 Å². The molecule has 5 heteroatoms. The van der Waals surface area contributed by atoms with Crippen molar-refractivity contribution in [2.24, 2.45) is 10.2 Å². The van der Waals surface area contributed by atoms with Gasteiger partial charge in [-0.25, -0.2) is 0 Å². The van der Waals surface area contributed by atoms with E-state index in [1.165, 1.54) is 0 Å². The predicted octanol–water partition coefficient (Wildman–Crippen LogP) is 5.77. The van der Waals surface area contributed by atoms with Crippen LogP contribution in [-0.2, 0) is 0 Å². The highest BCUT2D eigenvalue weighted by molar-refractivity contribution is 9.10. The molecule has 0 saturated heterocycles. The number of nitrogens with zero attached hydrogens (tertiary/aromatic N) is 2. The molecule has 2 N–H and O–H groups in total. The van der Waals surface area contributed by atoms with Gasteiger partial charge in [-0.15, -0.1) is 10.2 Å². The average Bonchev–Trinajstić information content (AvgIpc) is 2.55. The lowest BCUT2D eigenvalue weighted by Gasteiger charge is -2.06. The molecular formula is C17H14BrN3O. The van der Waals surface area contributed by atoms with Crippen molar-refractivity contribution in [1.82, 2.24) is 0 Å². The monoisotopic (exact) mass is 355 g/mol. The largest absolute Gasteiger partial charge is 0.506 e. The van der Waals surface area contributed by atoms with E-state index in [2.05, 4.69) is 31.5 Å². The summed E-state index contributed by atoms with van der Waals surface area (Å²) in [5, 5.41) is 23.6. The minimum atomic E-state index is 0.116. The summed E-state index contributed by atoms with van der Waals surface area (Å²) in [6.45, 7) is 0. The third-order valence-electron chi connectivity index (χ3n) is 3.36. The van der Waals surface area contributed by atoms with Gasteiger partial charge in [-0.3, -0.25) is 0 Å². The summed E-state index contributed by atoms with van der Waals surface area (Å²) in [4.78, 5) is 0. The summed E-state index contributed by atoms with van der Waals surface area (Å²) < 4.78 is 0.962. The molecule has 22 heavy (non-hydrogen) atoms. The van der Waals surface area contributed by atoms with Gasteiger partial charge in [-0.05, 0) is 29.7 Å². The van der Waals surface area contributed by atoms with Gasteiger partial charge in [0.25, 0.3) is 0 Å². The topological polar surface area (TPSA) is 57.0 Å². The molecule has 0 aliphatic heterocycles. The number of fused-ring (bicyclic) bond motifs is 1. The quantitative estimate of drug-likeness (QED) is 0.586. The van der Waals surface area contributed by atoms with E-state index in [9.17, 15) is 5.11 Å². The van der Waals surface area contributed by atoms with Crippen LogP contribution in [0.4, 0.5) is 17.1 Å². The molecule has 0 atom stereocenters. The van der Waals surface area contributed by atoms with Crippen LogP contribution in [0.25, 0.3) is 10.8 Å². The second-order valence-electron chi connectivity index (χ2n) is 4.77. The first-order valence-electron chi connectivity index (χ1n) is 6.79. The number of azo groups is 1. The molecule has 3 rings (SSSR count). The van der Waals surface area contributed by atoms with Crippen LogP contribution in [0, 0.1) is 0 Å². The molecule has 0 bridgehead atoms. The van der Waals surface area contributed by atoms with Crippen LogP contribution in [0.1, 0.15) is 0 Å². The zero-order valence-corrected chi connectivity index (χ0v) is 13.5. The number of aromatic hydroxyl groups is 1. The fourth-order valence-corrected chi connectivity index (χ4v) is 2.61. The standard InChI is InChI=1S/C17H14BrN3O/c1-19-15-10-12(18)7-8-14(15)20-21-17-13-5-3-2-4-11(13)6-9-16(17)22/h2-10,19,22H,1H3. The van der Waals surface area contributed by atoms with Gasteiger partial charge in [0.05, 0.1) is 5.69 Å². The van der Waals surface area contributed by atoms with E-state index < -0.39 is 0 Å². The molecule has 0 amide bonds. The third kappa shape index (κ3) is 2.80. The molecular weight excluding hydrogens is 342 g/mol. The molecule has 0 saturated carbocycles. The first-order valence-corrected chi connectivity index (χ1v) is 7.58. The lowest BCUT2D eigenvalue weighted by molar-refractivity contribution is 0.477. The molecule has 110 valence electrons. The molecule has 0 fully saturated rings. The maximum absolute atomic E-state index is 10.1. The molecule has 0 aliphatic carbocycles. The van der Waals surface area contributed by atoms with Crippen LogP contribution in [0.5, 0.6) is 5.75 Å². The maximum Gasteiger partial charge on any atom is 0.143 e. The Kier molecular flexibility index (Phi) is 4.06. The molecule has 0 radical (unpaired) electrons. The van der Waals surface area contributed by atoms with Gasteiger partial charge in [0, 0.05) is 16.9 Å². The van der Waals surface area contributed by atoms with Gasteiger partial charge in [-0.2, -0.15) is 0 Å². The number of hydrogen-bond donors (Lipinski definition) is 2. The zero-order valence-electron chi connectivity index (χ0n) is 11.9. The van der Waals surface area contributed by atoms with Gasteiger partial charge in [-0.1, -0.05) is 46.3 Å². The summed E-state index contributed by atoms with van der Waals surface area (Å²) in [5.41, 5.74) is 2.04. The van der Waals surface area contributed by atoms with Crippen molar-refractivity contribution in [3.8, 4) is 5.75 Å². The maximum atomic E-state index is 10.1. The van der Waals surface area contributed by atoms with E-state index in [1.54, 1.807) is 6.07 Å². The normalized spacial score (nSPS) is 11.2. The summed E-state index contributed by atoms with van der Waals surface area (Å²) in [7, 11) is 1.83. The van der Waals surface area contributed by atoms with E-state index >= 15 is 0 Å². The Balaban J connectivity index is 2.08. The Bertz CT molecular complexity index is 862. The lowest BCUT2D eigenvalue weighted by atomic mass is 10.1. The van der Waals surface area contributed by atoms with Crippen molar-refractivity contribution >= 4 is 43.8 Å². The fourth-order valence-electron chi connectivity index (χ4n) is 2.25. The highest BCUT2D eigenvalue weighted by atomic mass is 79.9. The van der Waals surface area contributed by atoms with Crippen molar-refractivity contribution < 1.29 is 5.11 Å². The highest BCUT2D eigenvalue weighted by Crippen LogP contribution is 2.37. The Morgan fingerprint density at radius 3 is 2.64 bits per heavy atom. The van der Waals surface area contributed by atoms with E-state index in [4.69, 9.17) is 0 Å². The molecule has 0 aliphatic rings. The SMILES string of the molecule is CNc1cc(Br)ccc1N=Nc1c(O)ccc2ccccc12. The average molecular weight is 356 g/mol. The Hall–Kier alpha value is -2.40. The number of halogens is 1. The second-order valence-corrected chi connectivity index (χ2v) is 5.68. The molecule has 0 aromatic heterocycles. The number of nitrogens with one attached hydrogen (secondary N) is 1. The minimum Gasteiger partial charge on any atom is -0.506 e. The second kappa shape index (κ2) is 6.15. The molecule has 3 aromatic rings. The van der Waals surface area contributed by atoms with Gasteiger partial charge < -0.3 is 10.4 Å². The molecule has 0 spiro atoms. The van der Waals surface area contributed by atoms with Crippen molar-refractivity contribution in [2.45, 2.75) is 0 Å². The zero-order chi connectivity index (χ0) is 15.5. The van der Waals surface area contributed by atoms with Crippen LogP contribution in [0.3, 0.4) is 0 Å². The van der Waals surface area contributed by atoms with E-state index in [-0.39, 0.29) is 5.75 Å². The Morgan fingerprint density at radius 2 is 1.82 bits per heavy atom. The molecule has 3 aromatic carbocycles. The number of anilines is 1. The van der Waals surface area contributed by atoms with Crippen LogP contribution in [0.2, 0.25) is 0 Å².